The summed E-state index contributed by atoms with van der Waals surface area (Å²) in [5, 5.41) is 17.0. The van der Waals surface area contributed by atoms with Gasteiger partial charge >= 0.3 is 5.97 Å². The molecule has 0 amide bonds. The molecule has 0 atom stereocenters. The molecular weight excluding hydrogens is 252 g/mol. The molecule has 0 saturated carbocycles. The second-order valence-electron chi connectivity index (χ2n) is 3.73. The van der Waals surface area contributed by atoms with E-state index in [9.17, 15) is 4.79 Å². The van der Waals surface area contributed by atoms with E-state index in [1.807, 2.05) is 17.6 Å². The van der Waals surface area contributed by atoms with E-state index in [-0.39, 0.29) is 5.75 Å². The van der Waals surface area contributed by atoms with Gasteiger partial charge in [0.05, 0.1) is 12.3 Å². The van der Waals surface area contributed by atoms with Crippen molar-refractivity contribution in [2.75, 3.05) is 5.75 Å². The van der Waals surface area contributed by atoms with Gasteiger partial charge in [-0.15, -0.1) is 10.2 Å². The van der Waals surface area contributed by atoms with Gasteiger partial charge in [0.15, 0.2) is 5.16 Å². The van der Waals surface area contributed by atoms with E-state index >= 15 is 0 Å². The third kappa shape index (κ3) is 3.07. The van der Waals surface area contributed by atoms with Gasteiger partial charge in [-0.3, -0.25) is 9.78 Å². The van der Waals surface area contributed by atoms with Crippen LogP contribution in [0.25, 0.3) is 0 Å². The van der Waals surface area contributed by atoms with E-state index in [2.05, 4.69) is 15.2 Å². The molecule has 94 valence electrons. The van der Waals surface area contributed by atoms with Gasteiger partial charge in [0, 0.05) is 12.4 Å². The number of aryl methyl sites for hydroxylation is 1. The standard InChI is InChI=1S/C11H12N4O2S/c1-8-4-12-3-2-9(8)5-15-7-13-14-11(15)18-6-10(16)17/h2-4,7H,5-6H2,1H3,(H,16,17). The number of thioether (sulfide) groups is 1. The summed E-state index contributed by atoms with van der Waals surface area (Å²) in [7, 11) is 0. The number of hydrogen-bond donors (Lipinski definition) is 1. The topological polar surface area (TPSA) is 80.9 Å². The van der Waals surface area contributed by atoms with Crippen LogP contribution in [0.1, 0.15) is 11.1 Å². The minimum Gasteiger partial charge on any atom is -0.481 e. The number of carboxylic acid groups (broad SMARTS) is 1. The first-order valence-corrected chi connectivity index (χ1v) is 6.27. The summed E-state index contributed by atoms with van der Waals surface area (Å²) in [5.41, 5.74) is 2.20. The molecule has 2 heterocycles. The van der Waals surface area contributed by atoms with E-state index in [0.717, 1.165) is 22.9 Å². The lowest BCUT2D eigenvalue weighted by atomic mass is 10.1. The molecule has 0 bridgehead atoms. The second kappa shape index (κ2) is 5.63. The van der Waals surface area contributed by atoms with Crippen molar-refractivity contribution >= 4 is 17.7 Å². The molecule has 0 radical (unpaired) electrons. The third-order valence-corrected chi connectivity index (χ3v) is 3.35. The van der Waals surface area contributed by atoms with Gasteiger partial charge < -0.3 is 9.67 Å². The van der Waals surface area contributed by atoms with Gasteiger partial charge in [0.1, 0.15) is 6.33 Å². The van der Waals surface area contributed by atoms with Crippen molar-refractivity contribution in [2.24, 2.45) is 0 Å². The average molecular weight is 264 g/mol. The van der Waals surface area contributed by atoms with Gasteiger partial charge in [-0.05, 0) is 24.1 Å². The lowest BCUT2D eigenvalue weighted by Gasteiger charge is -2.07. The molecule has 2 rings (SSSR count). The number of carbonyl (C=O) groups is 1. The maximum Gasteiger partial charge on any atom is 0.313 e. The fourth-order valence-corrected chi connectivity index (χ4v) is 2.09. The number of nitrogens with zero attached hydrogens (tertiary/aromatic N) is 4. The fraction of sp³-hybridized carbons (Fsp3) is 0.273. The first-order valence-electron chi connectivity index (χ1n) is 5.28. The maximum atomic E-state index is 10.5. The van der Waals surface area contributed by atoms with Crippen molar-refractivity contribution in [1.82, 2.24) is 19.7 Å². The normalized spacial score (nSPS) is 10.5. The summed E-state index contributed by atoms with van der Waals surface area (Å²) in [6.07, 6.45) is 5.13. The predicted octanol–water partition coefficient (Wildman–Crippen LogP) is 1.21. The third-order valence-electron chi connectivity index (χ3n) is 2.38. The molecule has 18 heavy (non-hydrogen) atoms. The summed E-state index contributed by atoms with van der Waals surface area (Å²) in [6.45, 7) is 2.60. The van der Waals surface area contributed by atoms with E-state index < -0.39 is 5.97 Å². The highest BCUT2D eigenvalue weighted by Crippen LogP contribution is 2.16. The Morgan fingerprint density at radius 1 is 1.56 bits per heavy atom. The smallest absolute Gasteiger partial charge is 0.313 e. The van der Waals surface area contributed by atoms with Crippen molar-refractivity contribution in [3.63, 3.8) is 0 Å². The Labute approximate surface area is 108 Å². The monoisotopic (exact) mass is 264 g/mol. The highest BCUT2D eigenvalue weighted by Gasteiger charge is 2.08. The zero-order chi connectivity index (χ0) is 13.0. The van der Waals surface area contributed by atoms with Crippen molar-refractivity contribution in [3.8, 4) is 0 Å². The van der Waals surface area contributed by atoms with Crippen LogP contribution >= 0.6 is 11.8 Å². The SMILES string of the molecule is Cc1cnccc1Cn1cnnc1SCC(=O)O. The summed E-state index contributed by atoms with van der Waals surface area (Å²) in [5.74, 6) is -0.886. The minimum atomic E-state index is -0.866. The minimum absolute atomic E-state index is 0.0198. The summed E-state index contributed by atoms with van der Waals surface area (Å²) >= 11 is 1.16. The Morgan fingerprint density at radius 2 is 2.39 bits per heavy atom. The summed E-state index contributed by atoms with van der Waals surface area (Å²) in [4.78, 5) is 14.6. The predicted molar refractivity (Wildman–Crippen MR) is 66.5 cm³/mol. The van der Waals surface area contributed by atoms with Crippen molar-refractivity contribution in [2.45, 2.75) is 18.6 Å². The van der Waals surface area contributed by atoms with Crippen molar-refractivity contribution < 1.29 is 9.90 Å². The quantitative estimate of drug-likeness (QED) is 0.817. The molecule has 2 aromatic rings. The molecule has 0 unspecified atom stereocenters. The van der Waals surface area contributed by atoms with Crippen LogP contribution in [0, 0.1) is 6.92 Å². The van der Waals surface area contributed by atoms with Crippen LogP contribution in [0.5, 0.6) is 0 Å². The van der Waals surface area contributed by atoms with Gasteiger partial charge in [-0.2, -0.15) is 0 Å². The lowest BCUT2D eigenvalue weighted by molar-refractivity contribution is -0.133. The fourth-order valence-electron chi connectivity index (χ4n) is 1.45. The summed E-state index contributed by atoms with van der Waals surface area (Å²) < 4.78 is 1.83. The van der Waals surface area contributed by atoms with Crippen molar-refractivity contribution in [1.29, 1.82) is 0 Å². The Balaban J connectivity index is 2.12. The molecule has 6 nitrogen and oxygen atoms in total. The highest BCUT2D eigenvalue weighted by molar-refractivity contribution is 7.99. The molecule has 7 heteroatoms. The van der Waals surface area contributed by atoms with Gasteiger partial charge in [0.25, 0.3) is 0 Å². The Kier molecular flexibility index (Phi) is 3.93. The maximum absolute atomic E-state index is 10.5. The number of pyridine rings is 1. The molecule has 0 fully saturated rings. The molecule has 0 saturated heterocycles. The number of aromatic nitrogens is 4. The van der Waals surface area contributed by atoms with Gasteiger partial charge in [0.2, 0.25) is 0 Å². The first-order chi connectivity index (χ1) is 8.66. The van der Waals surface area contributed by atoms with Crippen LogP contribution in [0.15, 0.2) is 29.9 Å². The zero-order valence-corrected chi connectivity index (χ0v) is 10.6. The van der Waals surface area contributed by atoms with Crippen molar-refractivity contribution in [3.05, 3.63) is 35.9 Å². The van der Waals surface area contributed by atoms with Gasteiger partial charge in [-0.1, -0.05) is 11.8 Å². The Morgan fingerprint density at radius 3 is 3.11 bits per heavy atom. The largest absolute Gasteiger partial charge is 0.481 e. The second-order valence-corrected chi connectivity index (χ2v) is 4.67. The first kappa shape index (κ1) is 12.6. The zero-order valence-electron chi connectivity index (χ0n) is 9.78. The molecule has 0 aliphatic heterocycles. The van der Waals surface area contributed by atoms with E-state index in [4.69, 9.17) is 5.11 Å². The Hall–Kier alpha value is -1.89. The number of rotatable bonds is 5. The number of carboxylic acids is 1. The van der Waals surface area contributed by atoms with Crippen LogP contribution < -0.4 is 0 Å². The van der Waals surface area contributed by atoms with E-state index in [1.54, 1.807) is 18.7 Å². The molecule has 0 spiro atoms. The molecule has 0 aliphatic carbocycles. The van der Waals surface area contributed by atoms with Crippen LogP contribution in [0.3, 0.4) is 0 Å². The van der Waals surface area contributed by atoms with E-state index in [0.29, 0.717) is 11.7 Å². The molecule has 0 aliphatic rings. The number of hydrogen-bond acceptors (Lipinski definition) is 5. The summed E-state index contributed by atoms with van der Waals surface area (Å²) in [6, 6.07) is 1.93. The van der Waals surface area contributed by atoms with E-state index in [1.165, 1.54) is 0 Å². The van der Waals surface area contributed by atoms with Crippen LogP contribution in [0.2, 0.25) is 0 Å². The molecular formula is C11H12N4O2S. The van der Waals surface area contributed by atoms with Gasteiger partial charge in [-0.25, -0.2) is 0 Å². The van der Waals surface area contributed by atoms with Crippen LogP contribution in [0.4, 0.5) is 0 Å². The molecule has 2 aromatic heterocycles. The van der Waals surface area contributed by atoms with Crippen LogP contribution in [-0.4, -0.2) is 36.6 Å². The molecule has 1 N–H and O–H groups in total. The number of aliphatic carboxylic acids is 1. The highest BCUT2D eigenvalue weighted by atomic mass is 32.2. The Bertz CT molecular complexity index is 555. The molecule has 0 aromatic carbocycles. The lowest BCUT2D eigenvalue weighted by Crippen LogP contribution is -2.04. The van der Waals surface area contributed by atoms with Crippen LogP contribution in [-0.2, 0) is 11.3 Å². The average Bonchev–Trinajstić information content (AvgIpc) is 2.77.